The second-order valence-electron chi connectivity index (χ2n) is 7.69. The summed E-state index contributed by atoms with van der Waals surface area (Å²) in [4.78, 5) is 30.5. The molecule has 1 aliphatic carbocycles. The first-order chi connectivity index (χ1) is 15.7. The molecule has 32 heavy (non-hydrogen) atoms. The molecule has 11 nitrogen and oxygen atoms in total. The third kappa shape index (κ3) is 5.95. The summed E-state index contributed by atoms with van der Waals surface area (Å²) in [5.74, 6) is 1.02. The smallest absolute Gasteiger partial charge is 0.276 e. The van der Waals surface area contributed by atoms with E-state index in [-0.39, 0.29) is 24.2 Å². The highest BCUT2D eigenvalue weighted by Crippen LogP contribution is 2.27. The van der Waals surface area contributed by atoms with Crippen molar-refractivity contribution >= 4 is 11.8 Å². The van der Waals surface area contributed by atoms with Gasteiger partial charge in [-0.2, -0.15) is 4.98 Å². The number of allylic oxidation sites excluding steroid dienone is 3. The molecule has 0 radical (unpaired) electrons. The van der Waals surface area contributed by atoms with E-state index in [1.807, 2.05) is 24.3 Å². The fraction of sp³-hybridized carbons (Fsp3) is 0.524. The number of nitrogens with zero attached hydrogens (tertiary/aromatic N) is 5. The number of carbonyl (C=O) groups is 2. The van der Waals surface area contributed by atoms with Crippen molar-refractivity contribution < 1.29 is 18.8 Å². The van der Waals surface area contributed by atoms with Gasteiger partial charge in [0.2, 0.25) is 11.8 Å². The van der Waals surface area contributed by atoms with Crippen LogP contribution in [0, 0.1) is 5.92 Å². The van der Waals surface area contributed by atoms with Crippen LogP contribution >= 0.6 is 0 Å². The van der Waals surface area contributed by atoms with E-state index in [1.165, 1.54) is 0 Å². The van der Waals surface area contributed by atoms with Crippen LogP contribution in [-0.2, 0) is 27.3 Å². The Balaban J connectivity index is 1.11. The summed E-state index contributed by atoms with van der Waals surface area (Å²) in [7, 11) is 0. The highest BCUT2D eigenvalue weighted by Gasteiger charge is 2.26. The summed E-state index contributed by atoms with van der Waals surface area (Å²) < 4.78 is 10.6. The molecule has 1 atom stereocenters. The maximum Gasteiger partial charge on any atom is 0.276 e. The number of morpholine rings is 1. The Kier molecular flexibility index (Phi) is 7.51. The van der Waals surface area contributed by atoms with Crippen LogP contribution in [0.1, 0.15) is 24.6 Å². The third-order valence-corrected chi connectivity index (χ3v) is 5.33. The molecule has 2 amide bonds. The van der Waals surface area contributed by atoms with Gasteiger partial charge in [-0.15, -0.1) is 10.2 Å². The number of carbonyl (C=O) groups excluding carboxylic acids is 2. The molecule has 0 bridgehead atoms. The van der Waals surface area contributed by atoms with E-state index in [0.717, 1.165) is 31.9 Å². The molecular formula is C21H27N7O4. The number of amides is 2. The number of azo groups is 1. The zero-order valence-electron chi connectivity index (χ0n) is 17.8. The molecule has 4 rings (SSSR count). The summed E-state index contributed by atoms with van der Waals surface area (Å²) in [6, 6.07) is 0. The fourth-order valence-corrected chi connectivity index (χ4v) is 3.59. The van der Waals surface area contributed by atoms with E-state index in [0.29, 0.717) is 50.0 Å². The lowest BCUT2D eigenvalue weighted by molar-refractivity contribution is -0.121. The Labute approximate surface area is 185 Å². The number of hydrogen-bond acceptors (Lipinski definition) is 9. The summed E-state index contributed by atoms with van der Waals surface area (Å²) in [6.07, 6.45) is 8.79. The van der Waals surface area contributed by atoms with Gasteiger partial charge in [0.1, 0.15) is 0 Å². The van der Waals surface area contributed by atoms with Crippen LogP contribution in [0.2, 0.25) is 0 Å². The molecule has 0 saturated carbocycles. The number of ether oxygens (including phenoxy) is 1. The van der Waals surface area contributed by atoms with Crippen molar-refractivity contribution in [3.05, 3.63) is 47.4 Å². The van der Waals surface area contributed by atoms with Gasteiger partial charge in [0.05, 0.1) is 25.7 Å². The van der Waals surface area contributed by atoms with Crippen molar-refractivity contribution in [1.29, 1.82) is 0 Å². The second-order valence-corrected chi connectivity index (χ2v) is 7.69. The molecule has 1 aromatic heterocycles. The lowest BCUT2D eigenvalue weighted by Crippen LogP contribution is -2.35. The molecule has 2 N–H and O–H groups in total. The van der Waals surface area contributed by atoms with Gasteiger partial charge in [0.25, 0.3) is 5.91 Å². The average Bonchev–Trinajstić information content (AvgIpc) is 3.27. The van der Waals surface area contributed by atoms with Crippen molar-refractivity contribution in [3.63, 3.8) is 0 Å². The van der Waals surface area contributed by atoms with Crippen molar-refractivity contribution in [2.75, 3.05) is 39.4 Å². The van der Waals surface area contributed by atoms with Gasteiger partial charge in [-0.05, 0) is 6.42 Å². The van der Waals surface area contributed by atoms with Gasteiger partial charge in [0, 0.05) is 44.6 Å². The van der Waals surface area contributed by atoms with Gasteiger partial charge < -0.3 is 19.9 Å². The average molecular weight is 441 g/mol. The van der Waals surface area contributed by atoms with Crippen molar-refractivity contribution in [2.45, 2.75) is 25.8 Å². The Hall–Kier alpha value is -3.18. The molecule has 11 heteroatoms. The molecule has 1 unspecified atom stereocenters. The molecule has 3 heterocycles. The molecule has 170 valence electrons. The minimum atomic E-state index is -0.362. The summed E-state index contributed by atoms with van der Waals surface area (Å²) in [6.45, 7) is 4.91. The van der Waals surface area contributed by atoms with Gasteiger partial charge in [-0.1, -0.05) is 29.5 Å². The maximum atomic E-state index is 12.1. The standard InChI is InChI=1S/C21H27N7O4/c29-18(6-7-19-24-17(27-32-19)14-28-10-12-31-13-11-28)22-8-3-9-23-20-15-4-1-2-5-16(15)21(30)26-25-20/h1-2,4-5,16,23H,3,6-14H2,(H,22,29). The monoisotopic (exact) mass is 441 g/mol. The highest BCUT2D eigenvalue weighted by atomic mass is 16.5. The first kappa shape index (κ1) is 22.0. The molecule has 2 aliphatic heterocycles. The summed E-state index contributed by atoms with van der Waals surface area (Å²) >= 11 is 0. The van der Waals surface area contributed by atoms with Crippen LogP contribution < -0.4 is 10.6 Å². The van der Waals surface area contributed by atoms with Crippen LogP contribution in [0.25, 0.3) is 0 Å². The first-order valence-corrected chi connectivity index (χ1v) is 10.9. The molecule has 3 aliphatic rings. The Bertz CT molecular complexity index is 944. The van der Waals surface area contributed by atoms with Crippen molar-refractivity contribution in [2.24, 2.45) is 16.1 Å². The molecule has 1 aromatic rings. The predicted molar refractivity (Wildman–Crippen MR) is 113 cm³/mol. The zero-order valence-corrected chi connectivity index (χ0v) is 17.8. The van der Waals surface area contributed by atoms with Crippen LogP contribution in [0.15, 0.2) is 50.4 Å². The van der Waals surface area contributed by atoms with E-state index in [9.17, 15) is 9.59 Å². The van der Waals surface area contributed by atoms with E-state index in [1.54, 1.807) is 0 Å². The number of hydrogen-bond donors (Lipinski definition) is 2. The highest BCUT2D eigenvalue weighted by molar-refractivity contribution is 5.86. The number of aryl methyl sites for hydroxylation is 1. The van der Waals surface area contributed by atoms with Gasteiger partial charge >= 0.3 is 0 Å². The fourth-order valence-electron chi connectivity index (χ4n) is 3.59. The minimum Gasteiger partial charge on any atom is -0.379 e. The maximum absolute atomic E-state index is 12.1. The molecule has 0 spiro atoms. The summed E-state index contributed by atoms with van der Waals surface area (Å²) in [5.41, 5.74) is 0.823. The lowest BCUT2D eigenvalue weighted by atomic mass is 9.93. The van der Waals surface area contributed by atoms with Crippen LogP contribution in [0.5, 0.6) is 0 Å². The van der Waals surface area contributed by atoms with Gasteiger partial charge in [0.15, 0.2) is 11.6 Å². The molecule has 0 aromatic carbocycles. The minimum absolute atomic E-state index is 0.0664. The van der Waals surface area contributed by atoms with Gasteiger partial charge in [-0.25, -0.2) is 0 Å². The van der Waals surface area contributed by atoms with E-state index < -0.39 is 0 Å². The number of rotatable bonds is 10. The van der Waals surface area contributed by atoms with Crippen molar-refractivity contribution in [3.8, 4) is 0 Å². The van der Waals surface area contributed by atoms with E-state index in [2.05, 4.69) is 35.9 Å². The number of nitrogens with one attached hydrogen (secondary N) is 2. The van der Waals surface area contributed by atoms with Crippen molar-refractivity contribution in [1.82, 2.24) is 25.7 Å². The van der Waals surface area contributed by atoms with E-state index in [4.69, 9.17) is 9.26 Å². The topological polar surface area (TPSA) is 134 Å². The summed E-state index contributed by atoms with van der Waals surface area (Å²) in [5, 5.41) is 17.7. The van der Waals surface area contributed by atoms with Gasteiger partial charge in [-0.3, -0.25) is 14.5 Å². The van der Waals surface area contributed by atoms with Crippen LogP contribution in [0.3, 0.4) is 0 Å². The molecule has 1 saturated heterocycles. The molecular weight excluding hydrogens is 414 g/mol. The quantitative estimate of drug-likeness (QED) is 0.511. The second kappa shape index (κ2) is 10.9. The number of aromatic nitrogens is 2. The van der Waals surface area contributed by atoms with Crippen LogP contribution in [0.4, 0.5) is 0 Å². The molecule has 1 fully saturated rings. The Morgan fingerprint density at radius 1 is 1.19 bits per heavy atom. The lowest BCUT2D eigenvalue weighted by Gasteiger charge is -2.24. The zero-order chi connectivity index (χ0) is 22.2. The van der Waals surface area contributed by atoms with Crippen LogP contribution in [-0.4, -0.2) is 66.2 Å². The normalized spacial score (nSPS) is 20.5. The Morgan fingerprint density at radius 3 is 2.94 bits per heavy atom. The third-order valence-electron chi connectivity index (χ3n) is 5.33. The largest absolute Gasteiger partial charge is 0.379 e. The number of fused-ring (bicyclic) bond motifs is 1. The first-order valence-electron chi connectivity index (χ1n) is 10.9. The van der Waals surface area contributed by atoms with E-state index >= 15 is 0 Å². The Morgan fingerprint density at radius 2 is 2.06 bits per heavy atom. The predicted octanol–water partition coefficient (Wildman–Crippen LogP) is 0.877. The SMILES string of the molecule is O=C(CCc1nc(CN2CCOCC2)no1)NCCCNC1=C2C=CC=CC2C(=O)N=N1.